The SMILES string of the molecule is COc1ccc(OC2CC(Br)C23CCCCCC3)cc1. The molecule has 2 atom stereocenters. The van der Waals surface area contributed by atoms with Gasteiger partial charge in [0, 0.05) is 10.2 Å². The minimum Gasteiger partial charge on any atom is -0.497 e. The summed E-state index contributed by atoms with van der Waals surface area (Å²) in [6.45, 7) is 0. The summed E-state index contributed by atoms with van der Waals surface area (Å²) in [6, 6.07) is 7.98. The Kier molecular flexibility index (Phi) is 4.25. The molecule has 0 saturated heterocycles. The maximum atomic E-state index is 6.28. The Balaban J connectivity index is 1.69. The summed E-state index contributed by atoms with van der Waals surface area (Å²) in [5.41, 5.74) is 0.371. The molecule has 2 saturated carbocycles. The minimum atomic E-state index is 0.371. The highest BCUT2D eigenvalue weighted by Gasteiger charge is 2.54. The highest BCUT2D eigenvalue weighted by atomic mass is 79.9. The molecule has 0 radical (unpaired) electrons. The molecule has 2 nitrogen and oxygen atoms in total. The summed E-state index contributed by atoms with van der Waals surface area (Å²) < 4.78 is 11.5. The summed E-state index contributed by atoms with van der Waals surface area (Å²) in [7, 11) is 1.69. The predicted molar refractivity (Wildman–Crippen MR) is 84.9 cm³/mol. The van der Waals surface area contributed by atoms with Crippen LogP contribution in [0.25, 0.3) is 0 Å². The third-order valence-corrected chi connectivity index (χ3v) is 6.34. The molecular weight excluding hydrogens is 316 g/mol. The number of hydrogen-bond donors (Lipinski definition) is 0. The molecule has 0 amide bonds. The number of methoxy groups -OCH3 is 1. The molecule has 1 spiro atoms. The van der Waals surface area contributed by atoms with E-state index in [0.717, 1.165) is 17.9 Å². The van der Waals surface area contributed by atoms with Crippen LogP contribution >= 0.6 is 15.9 Å². The average molecular weight is 339 g/mol. The van der Waals surface area contributed by atoms with E-state index in [1.165, 1.54) is 38.5 Å². The van der Waals surface area contributed by atoms with Crippen molar-refractivity contribution in [1.82, 2.24) is 0 Å². The molecule has 2 aliphatic carbocycles. The Morgan fingerprint density at radius 3 is 2.15 bits per heavy atom. The quantitative estimate of drug-likeness (QED) is 0.726. The fourth-order valence-electron chi connectivity index (χ4n) is 3.70. The van der Waals surface area contributed by atoms with Crippen LogP contribution in [0, 0.1) is 5.41 Å². The van der Waals surface area contributed by atoms with Gasteiger partial charge in [0.1, 0.15) is 17.6 Å². The molecule has 20 heavy (non-hydrogen) atoms. The molecule has 0 bridgehead atoms. The number of benzene rings is 1. The molecule has 0 aliphatic heterocycles. The normalized spacial score (nSPS) is 28.5. The van der Waals surface area contributed by atoms with Crippen molar-refractivity contribution in [2.24, 2.45) is 5.41 Å². The number of alkyl halides is 1. The number of hydrogen-bond acceptors (Lipinski definition) is 2. The van der Waals surface area contributed by atoms with Crippen molar-refractivity contribution in [3.63, 3.8) is 0 Å². The highest BCUT2D eigenvalue weighted by molar-refractivity contribution is 9.09. The van der Waals surface area contributed by atoms with Gasteiger partial charge in [-0.15, -0.1) is 0 Å². The van der Waals surface area contributed by atoms with Gasteiger partial charge in [0.05, 0.1) is 7.11 Å². The molecule has 1 aromatic rings. The van der Waals surface area contributed by atoms with Gasteiger partial charge in [0.15, 0.2) is 0 Å². The molecule has 2 aliphatic rings. The van der Waals surface area contributed by atoms with E-state index in [1.54, 1.807) is 7.11 Å². The van der Waals surface area contributed by atoms with Crippen LogP contribution in [0.5, 0.6) is 11.5 Å². The maximum Gasteiger partial charge on any atom is 0.120 e. The van der Waals surface area contributed by atoms with Gasteiger partial charge in [0.2, 0.25) is 0 Å². The first-order chi connectivity index (χ1) is 9.74. The Morgan fingerprint density at radius 1 is 1.00 bits per heavy atom. The van der Waals surface area contributed by atoms with Crippen molar-refractivity contribution in [2.45, 2.75) is 55.9 Å². The number of rotatable bonds is 3. The lowest BCUT2D eigenvalue weighted by molar-refractivity contribution is -0.0462. The van der Waals surface area contributed by atoms with Gasteiger partial charge in [-0.2, -0.15) is 0 Å². The Bertz CT molecular complexity index is 435. The van der Waals surface area contributed by atoms with E-state index < -0.39 is 0 Å². The third kappa shape index (κ3) is 2.57. The Labute approximate surface area is 130 Å². The van der Waals surface area contributed by atoms with Gasteiger partial charge in [-0.25, -0.2) is 0 Å². The van der Waals surface area contributed by atoms with Crippen LogP contribution in [0.2, 0.25) is 0 Å². The first-order valence-electron chi connectivity index (χ1n) is 7.69. The molecular formula is C17H23BrO2. The zero-order valence-corrected chi connectivity index (χ0v) is 13.7. The Morgan fingerprint density at radius 2 is 1.60 bits per heavy atom. The smallest absolute Gasteiger partial charge is 0.120 e. The van der Waals surface area contributed by atoms with E-state index >= 15 is 0 Å². The fraction of sp³-hybridized carbons (Fsp3) is 0.647. The molecule has 3 heteroatoms. The molecule has 2 unspecified atom stereocenters. The molecule has 0 N–H and O–H groups in total. The van der Waals surface area contributed by atoms with Crippen LogP contribution in [-0.4, -0.2) is 18.0 Å². The van der Waals surface area contributed by atoms with E-state index in [4.69, 9.17) is 9.47 Å². The van der Waals surface area contributed by atoms with Crippen LogP contribution in [0.1, 0.15) is 44.9 Å². The van der Waals surface area contributed by atoms with Gasteiger partial charge >= 0.3 is 0 Å². The first-order valence-corrected chi connectivity index (χ1v) is 8.61. The van der Waals surface area contributed by atoms with Crippen LogP contribution < -0.4 is 9.47 Å². The lowest BCUT2D eigenvalue weighted by atomic mass is 9.61. The molecule has 1 aromatic carbocycles. The minimum absolute atomic E-state index is 0.371. The van der Waals surface area contributed by atoms with Crippen molar-refractivity contribution in [3.05, 3.63) is 24.3 Å². The second kappa shape index (κ2) is 5.97. The van der Waals surface area contributed by atoms with Crippen LogP contribution in [0.3, 0.4) is 0 Å². The summed E-state index contributed by atoms with van der Waals surface area (Å²) in [5, 5.41) is 0. The second-order valence-corrected chi connectivity index (χ2v) is 7.24. The van der Waals surface area contributed by atoms with E-state index in [0.29, 0.717) is 16.3 Å². The molecule has 110 valence electrons. The molecule has 0 aromatic heterocycles. The standard InChI is InChI=1S/C17H23BrO2/c1-19-13-6-8-14(9-7-13)20-16-12-15(18)17(16)10-4-2-3-5-11-17/h6-9,15-16H,2-5,10-12H2,1H3. The van der Waals surface area contributed by atoms with E-state index in [9.17, 15) is 0 Å². The monoisotopic (exact) mass is 338 g/mol. The van der Waals surface area contributed by atoms with Crippen molar-refractivity contribution < 1.29 is 9.47 Å². The Hall–Kier alpha value is -0.700. The predicted octanol–water partition coefficient (Wildman–Crippen LogP) is 4.95. The largest absolute Gasteiger partial charge is 0.497 e. The van der Waals surface area contributed by atoms with Crippen molar-refractivity contribution in [1.29, 1.82) is 0 Å². The van der Waals surface area contributed by atoms with Gasteiger partial charge in [0.25, 0.3) is 0 Å². The first kappa shape index (κ1) is 14.2. The maximum absolute atomic E-state index is 6.28. The number of halogens is 1. The van der Waals surface area contributed by atoms with Crippen molar-refractivity contribution in [2.75, 3.05) is 7.11 Å². The van der Waals surface area contributed by atoms with Crippen LogP contribution in [0.15, 0.2) is 24.3 Å². The zero-order valence-electron chi connectivity index (χ0n) is 12.1. The van der Waals surface area contributed by atoms with Gasteiger partial charge < -0.3 is 9.47 Å². The molecule has 0 heterocycles. The second-order valence-electron chi connectivity index (χ2n) is 6.13. The topological polar surface area (TPSA) is 18.5 Å². The van der Waals surface area contributed by atoms with Gasteiger partial charge in [-0.3, -0.25) is 0 Å². The lowest BCUT2D eigenvalue weighted by Crippen LogP contribution is -2.56. The fourth-order valence-corrected chi connectivity index (χ4v) is 4.80. The third-order valence-electron chi connectivity index (χ3n) is 5.06. The lowest BCUT2D eigenvalue weighted by Gasteiger charge is -2.53. The summed E-state index contributed by atoms with van der Waals surface area (Å²) in [5.74, 6) is 1.85. The van der Waals surface area contributed by atoms with Crippen LogP contribution in [0.4, 0.5) is 0 Å². The van der Waals surface area contributed by atoms with Gasteiger partial charge in [-0.05, 0) is 43.5 Å². The molecule has 3 rings (SSSR count). The van der Waals surface area contributed by atoms with E-state index in [2.05, 4.69) is 15.9 Å². The average Bonchev–Trinajstić information content (AvgIpc) is 2.76. The summed E-state index contributed by atoms with van der Waals surface area (Å²) in [4.78, 5) is 0.636. The van der Waals surface area contributed by atoms with Crippen LogP contribution in [-0.2, 0) is 0 Å². The van der Waals surface area contributed by atoms with E-state index in [-0.39, 0.29) is 0 Å². The van der Waals surface area contributed by atoms with Crippen molar-refractivity contribution in [3.8, 4) is 11.5 Å². The summed E-state index contributed by atoms with van der Waals surface area (Å²) in [6.07, 6.45) is 9.60. The van der Waals surface area contributed by atoms with Gasteiger partial charge in [-0.1, -0.05) is 41.6 Å². The summed E-state index contributed by atoms with van der Waals surface area (Å²) >= 11 is 3.89. The zero-order chi connectivity index (χ0) is 14.0. The van der Waals surface area contributed by atoms with Crippen molar-refractivity contribution >= 4 is 15.9 Å². The number of ether oxygens (including phenoxy) is 2. The van der Waals surface area contributed by atoms with E-state index in [1.807, 2.05) is 24.3 Å². The molecule has 2 fully saturated rings. The highest BCUT2D eigenvalue weighted by Crippen LogP contribution is 2.55.